The van der Waals surface area contributed by atoms with Gasteiger partial charge in [0.2, 0.25) is 0 Å². The van der Waals surface area contributed by atoms with Crippen LogP contribution in [0.4, 0.5) is 0 Å². The van der Waals surface area contributed by atoms with Gasteiger partial charge in [-0.25, -0.2) is 0 Å². The molecule has 133 heavy (non-hydrogen) atoms. The first-order valence-corrected chi connectivity index (χ1v) is 45.1. The Bertz CT molecular complexity index is 8090. The van der Waals surface area contributed by atoms with Crippen LogP contribution in [0.2, 0.25) is 0 Å². The second kappa shape index (κ2) is 29.5. The molecule has 18 aromatic carbocycles. The molecule has 618 valence electrons. The third-order valence-electron chi connectivity index (χ3n) is 29.1. The van der Waals surface area contributed by atoms with Crippen molar-refractivity contribution in [3.05, 3.63) is 522 Å². The average molecular weight is 1870 g/mol. The minimum atomic E-state index is -0.326. The number of rotatable bonds is 6. The maximum absolute atomic E-state index is 6.32. The zero-order chi connectivity index (χ0) is 86.5. The van der Waals surface area contributed by atoms with Gasteiger partial charge < -0.3 is 28.2 Å². The van der Waals surface area contributed by atoms with E-state index < -0.39 is 0 Å². The first-order chi connectivity index (χ1) is 65.5. The van der Waals surface area contributed by atoms with Gasteiger partial charge in [0, 0.05) is 34.7 Å². The van der Waals surface area contributed by atoms with Crippen molar-refractivity contribution in [2.45, 2.75) is 16.2 Å². The van der Waals surface area contributed by atoms with E-state index in [0.717, 1.165) is 133 Å². The van der Waals surface area contributed by atoms with E-state index in [4.69, 9.17) is 28.2 Å². The van der Waals surface area contributed by atoms with Crippen LogP contribution in [0.1, 0.15) is 66.8 Å². The van der Waals surface area contributed by atoms with Crippen molar-refractivity contribution in [2.24, 2.45) is 0 Å². The number of benzene rings is 18. The van der Waals surface area contributed by atoms with Crippen molar-refractivity contribution in [1.82, 2.24) is 15.0 Å². The SMILES string of the molecule is [Ir+3].[c-]1ccc2c(oc3ccccc32)c1-c1cc(-c2ccc3c(c2)-c2ccccc2C32c3ccccc3-c3ccccc32)ccn1.[c-]1ccc2c(oc3ccccc32)c1-c1cc(-c2ccc3c(c2)-c2ccccc2C32c3ccccc3-c3ccccc32)ccn1.[c-]1ccc2c(oc3ccccc32)c1-c1cc(-c2ccc3c(c2)-c2ccccc2C32c3ccccc3-c3ccccc32)ccn1. The third kappa shape index (κ3) is 10.8. The molecule has 24 aromatic rings. The second-order valence-electron chi connectivity index (χ2n) is 35.3. The van der Waals surface area contributed by atoms with Crippen LogP contribution in [0, 0.1) is 18.2 Å². The number of pyridine rings is 3. The number of furan rings is 3. The monoisotopic (exact) mass is 1870 g/mol. The summed E-state index contributed by atoms with van der Waals surface area (Å²) in [6, 6.07) is 161. The maximum atomic E-state index is 6.32. The Morgan fingerprint density at radius 2 is 0.383 bits per heavy atom. The Balaban J connectivity index is 0.000000101. The maximum Gasteiger partial charge on any atom is 3.00 e. The number of hydrogen-bond acceptors (Lipinski definition) is 6. The molecular formula is C126H72IrN3O3. The van der Waals surface area contributed by atoms with E-state index in [9.17, 15) is 0 Å². The van der Waals surface area contributed by atoms with Crippen LogP contribution in [0.15, 0.2) is 450 Å². The predicted molar refractivity (Wildman–Crippen MR) is 533 cm³/mol. The third-order valence-corrected chi connectivity index (χ3v) is 29.1. The minimum absolute atomic E-state index is 0. The number of nitrogens with zero attached hydrogens (tertiary/aromatic N) is 3. The largest absolute Gasteiger partial charge is 3.00 e. The van der Waals surface area contributed by atoms with Gasteiger partial charge in [0.25, 0.3) is 0 Å². The molecule has 6 aromatic heterocycles. The average Bonchev–Trinajstić information content (AvgIpc) is 1.52. The van der Waals surface area contributed by atoms with Crippen LogP contribution >= 0.6 is 0 Å². The fourth-order valence-corrected chi connectivity index (χ4v) is 23.7. The first kappa shape index (κ1) is 76.5. The van der Waals surface area contributed by atoms with Gasteiger partial charge in [-0.05, 0) is 239 Å². The molecule has 0 unspecified atom stereocenters. The van der Waals surface area contributed by atoms with Gasteiger partial charge in [0.15, 0.2) is 0 Å². The van der Waals surface area contributed by atoms with Gasteiger partial charge in [-0.15, -0.1) is 54.6 Å². The molecular weight excluding hydrogens is 1800 g/mol. The van der Waals surface area contributed by atoms with Crippen LogP contribution in [0.25, 0.3) is 200 Å². The summed E-state index contributed by atoms with van der Waals surface area (Å²) in [5.41, 5.74) is 48.1. The van der Waals surface area contributed by atoms with Crippen LogP contribution in [-0.4, -0.2) is 15.0 Å². The zero-order valence-electron chi connectivity index (χ0n) is 71.5. The van der Waals surface area contributed by atoms with Crippen molar-refractivity contribution in [3.8, 4) is 134 Å². The summed E-state index contributed by atoms with van der Waals surface area (Å²) in [7, 11) is 0. The molecule has 0 bridgehead atoms. The van der Waals surface area contributed by atoms with Crippen molar-refractivity contribution >= 4 is 65.8 Å². The summed E-state index contributed by atoms with van der Waals surface area (Å²) in [6.45, 7) is 0. The second-order valence-corrected chi connectivity index (χ2v) is 35.3. The van der Waals surface area contributed by atoms with E-state index >= 15 is 0 Å². The summed E-state index contributed by atoms with van der Waals surface area (Å²) in [4.78, 5) is 14.3. The van der Waals surface area contributed by atoms with Crippen LogP contribution in [0.5, 0.6) is 0 Å². The van der Waals surface area contributed by atoms with Crippen LogP contribution in [0.3, 0.4) is 0 Å². The molecule has 0 N–H and O–H groups in total. The summed E-state index contributed by atoms with van der Waals surface area (Å²) >= 11 is 0. The van der Waals surface area contributed by atoms with Crippen LogP contribution < -0.4 is 0 Å². The van der Waals surface area contributed by atoms with Crippen molar-refractivity contribution < 1.29 is 33.4 Å². The fourth-order valence-electron chi connectivity index (χ4n) is 23.7. The Hall–Kier alpha value is -16.5. The van der Waals surface area contributed by atoms with Crippen molar-refractivity contribution in [1.29, 1.82) is 0 Å². The summed E-state index contributed by atoms with van der Waals surface area (Å²) in [5, 5.41) is 6.56. The summed E-state index contributed by atoms with van der Waals surface area (Å²) in [6.07, 6.45) is 5.68. The quantitative estimate of drug-likeness (QED) is 0.154. The van der Waals surface area contributed by atoms with Crippen molar-refractivity contribution in [3.63, 3.8) is 0 Å². The summed E-state index contributed by atoms with van der Waals surface area (Å²) in [5.74, 6) is 0. The molecule has 7 heteroatoms. The molecule has 6 aliphatic carbocycles. The van der Waals surface area contributed by atoms with Crippen LogP contribution in [-0.2, 0) is 36.4 Å². The van der Waals surface area contributed by atoms with Gasteiger partial charge in [0.1, 0.15) is 16.7 Å². The Morgan fingerprint density at radius 1 is 0.180 bits per heavy atom. The number of hydrogen-bond donors (Lipinski definition) is 0. The molecule has 0 amide bonds. The van der Waals surface area contributed by atoms with E-state index in [1.807, 2.05) is 91.4 Å². The van der Waals surface area contributed by atoms with E-state index in [1.54, 1.807) is 0 Å². The number of fused-ring (bicyclic) bond motifs is 39. The van der Waals surface area contributed by atoms with E-state index in [1.165, 1.54) is 134 Å². The number of para-hydroxylation sites is 3. The van der Waals surface area contributed by atoms with E-state index in [0.29, 0.717) is 0 Å². The molecule has 3 spiro atoms. The normalized spacial score (nSPS) is 13.5. The van der Waals surface area contributed by atoms with Gasteiger partial charge in [0.05, 0.1) is 33.0 Å². The molecule has 0 saturated heterocycles. The molecule has 0 fully saturated rings. The Labute approximate surface area is 780 Å². The van der Waals surface area contributed by atoms with Gasteiger partial charge in [-0.3, -0.25) is 0 Å². The van der Waals surface area contributed by atoms with Crippen molar-refractivity contribution in [2.75, 3.05) is 0 Å². The Kier molecular flexibility index (Phi) is 17.0. The molecule has 0 atom stereocenters. The number of aromatic nitrogens is 3. The topological polar surface area (TPSA) is 78.1 Å². The first-order valence-electron chi connectivity index (χ1n) is 45.1. The van der Waals surface area contributed by atoms with Gasteiger partial charge in [-0.1, -0.05) is 360 Å². The fraction of sp³-hybridized carbons (Fsp3) is 0.0238. The van der Waals surface area contributed by atoms with Gasteiger partial charge in [-0.2, -0.15) is 0 Å². The molecule has 6 aliphatic rings. The molecule has 6 nitrogen and oxygen atoms in total. The standard InChI is InChI=1S/3C42H24NO.Ir/c3*1-5-16-35-28(10-1)29-11-2-6-17-36(29)42(35)37-18-7-3-12-30(37)34-24-26(20-21-38(34)42)27-22-23-43-39(25-27)33-15-9-14-32-31-13-4-8-19-40(31)44-41(32)33;/h3*1-14,16-25H;/q3*-1;+3. The summed E-state index contributed by atoms with van der Waals surface area (Å²) < 4.78 is 19.0. The van der Waals surface area contributed by atoms with Gasteiger partial charge >= 0.3 is 20.1 Å². The molecule has 0 aliphatic heterocycles. The zero-order valence-corrected chi connectivity index (χ0v) is 73.9. The molecule has 0 radical (unpaired) electrons. The smallest absolute Gasteiger partial charge is 0.501 e. The van der Waals surface area contributed by atoms with E-state index in [2.05, 4.69) is 364 Å². The molecule has 6 heterocycles. The predicted octanol–water partition coefficient (Wildman–Crippen LogP) is 31.4. The Morgan fingerprint density at radius 3 is 0.632 bits per heavy atom. The minimum Gasteiger partial charge on any atom is -0.501 e. The molecule has 0 saturated carbocycles. The molecule has 30 rings (SSSR count). The van der Waals surface area contributed by atoms with E-state index in [-0.39, 0.29) is 36.4 Å².